The van der Waals surface area contributed by atoms with E-state index < -0.39 is 5.97 Å². The van der Waals surface area contributed by atoms with Crippen LogP contribution in [0.25, 0.3) is 17.4 Å². The minimum absolute atomic E-state index is 0.180. The SMILES string of the molecule is Cc1ccc(C(=O)O)cc1-c1ccc(/C=C2\SC(=Nc3ccc(Br)c(Cl)c3)N(C)C2=O)o1. The first-order chi connectivity index (χ1) is 15.2. The number of rotatable bonds is 4. The zero-order chi connectivity index (χ0) is 23.0. The topological polar surface area (TPSA) is 83.1 Å². The van der Waals surface area contributed by atoms with Gasteiger partial charge in [-0.05, 0) is 82.6 Å². The first-order valence-corrected chi connectivity index (χ1v) is 11.4. The smallest absolute Gasteiger partial charge is 0.335 e. The first kappa shape index (κ1) is 22.4. The molecule has 1 aliphatic rings. The highest BCUT2D eigenvalue weighted by molar-refractivity contribution is 9.10. The van der Waals surface area contributed by atoms with E-state index in [1.54, 1.807) is 61.7 Å². The van der Waals surface area contributed by atoms with Gasteiger partial charge in [-0.25, -0.2) is 9.79 Å². The summed E-state index contributed by atoms with van der Waals surface area (Å²) in [5, 5.41) is 10.3. The lowest BCUT2D eigenvalue weighted by atomic mass is 10.0. The number of carbonyl (C=O) groups is 2. The molecule has 6 nitrogen and oxygen atoms in total. The van der Waals surface area contributed by atoms with E-state index in [1.165, 1.54) is 16.7 Å². The summed E-state index contributed by atoms with van der Waals surface area (Å²) in [6.07, 6.45) is 1.65. The van der Waals surface area contributed by atoms with Crippen molar-refractivity contribution in [2.45, 2.75) is 6.92 Å². The Morgan fingerprint density at radius 3 is 2.72 bits per heavy atom. The zero-order valence-corrected chi connectivity index (χ0v) is 20.1. The third-order valence-corrected chi connectivity index (χ3v) is 7.07. The number of carboxylic acid groups (broad SMARTS) is 1. The molecule has 1 aromatic heterocycles. The fourth-order valence-corrected chi connectivity index (χ4v) is 4.43. The number of amidine groups is 1. The van der Waals surface area contributed by atoms with E-state index in [-0.39, 0.29) is 11.5 Å². The number of hydrogen-bond acceptors (Lipinski definition) is 5. The summed E-state index contributed by atoms with van der Waals surface area (Å²) >= 11 is 10.7. The van der Waals surface area contributed by atoms with E-state index >= 15 is 0 Å². The van der Waals surface area contributed by atoms with Crippen molar-refractivity contribution >= 4 is 68.1 Å². The molecular formula is C23H16BrClN2O4S. The van der Waals surface area contributed by atoms with Crippen LogP contribution >= 0.6 is 39.3 Å². The number of aryl methyl sites for hydroxylation is 1. The third-order valence-electron chi connectivity index (χ3n) is 4.78. The molecule has 162 valence electrons. The van der Waals surface area contributed by atoms with Crippen molar-refractivity contribution in [2.75, 3.05) is 7.05 Å². The highest BCUT2D eigenvalue weighted by Crippen LogP contribution is 2.35. The van der Waals surface area contributed by atoms with Crippen molar-refractivity contribution in [3.05, 3.63) is 79.8 Å². The second-order valence-electron chi connectivity index (χ2n) is 7.00. The second kappa shape index (κ2) is 8.97. The molecule has 1 saturated heterocycles. The molecule has 0 spiro atoms. The summed E-state index contributed by atoms with van der Waals surface area (Å²) in [5.41, 5.74) is 2.39. The van der Waals surface area contributed by atoms with Crippen molar-refractivity contribution in [1.82, 2.24) is 4.90 Å². The maximum Gasteiger partial charge on any atom is 0.335 e. The van der Waals surface area contributed by atoms with Crippen LogP contribution in [0.15, 0.2) is 67.3 Å². The Kier molecular flexibility index (Phi) is 6.28. The number of thioether (sulfide) groups is 1. The van der Waals surface area contributed by atoms with Gasteiger partial charge in [0.05, 0.1) is 21.2 Å². The number of nitrogens with zero attached hydrogens (tertiary/aromatic N) is 2. The monoisotopic (exact) mass is 530 g/mol. The second-order valence-corrected chi connectivity index (χ2v) is 9.28. The molecule has 1 amide bonds. The number of carboxylic acids is 1. The molecule has 0 radical (unpaired) electrons. The van der Waals surface area contributed by atoms with Gasteiger partial charge in [0.25, 0.3) is 5.91 Å². The van der Waals surface area contributed by atoms with Gasteiger partial charge in [0.15, 0.2) is 5.17 Å². The molecule has 0 atom stereocenters. The lowest BCUT2D eigenvalue weighted by Crippen LogP contribution is -2.23. The number of furan rings is 1. The molecule has 1 N–H and O–H groups in total. The van der Waals surface area contributed by atoms with E-state index in [4.69, 9.17) is 16.0 Å². The third kappa shape index (κ3) is 4.53. The fraction of sp³-hybridized carbons (Fsp3) is 0.0870. The van der Waals surface area contributed by atoms with Gasteiger partial charge >= 0.3 is 5.97 Å². The Labute approximate surface area is 201 Å². The van der Waals surface area contributed by atoms with Gasteiger partial charge in [-0.1, -0.05) is 17.7 Å². The Morgan fingerprint density at radius 2 is 2.00 bits per heavy atom. The zero-order valence-electron chi connectivity index (χ0n) is 16.9. The van der Waals surface area contributed by atoms with Crippen molar-refractivity contribution in [3.8, 4) is 11.3 Å². The average Bonchev–Trinajstić information content (AvgIpc) is 3.32. The first-order valence-electron chi connectivity index (χ1n) is 9.38. The number of aliphatic imine (C=N–C) groups is 1. The molecule has 0 bridgehead atoms. The van der Waals surface area contributed by atoms with Gasteiger partial charge in [-0.15, -0.1) is 0 Å². The van der Waals surface area contributed by atoms with Crippen LogP contribution in [0.3, 0.4) is 0 Å². The maximum absolute atomic E-state index is 12.7. The van der Waals surface area contributed by atoms with E-state index in [1.807, 2.05) is 6.92 Å². The van der Waals surface area contributed by atoms with E-state index in [2.05, 4.69) is 20.9 Å². The van der Waals surface area contributed by atoms with Crippen LogP contribution in [0, 0.1) is 6.92 Å². The van der Waals surface area contributed by atoms with E-state index in [0.29, 0.717) is 37.9 Å². The highest BCUT2D eigenvalue weighted by Gasteiger charge is 2.30. The molecule has 0 unspecified atom stereocenters. The number of carbonyl (C=O) groups excluding carboxylic acids is 1. The van der Waals surface area contributed by atoms with Gasteiger partial charge in [-0.3, -0.25) is 9.69 Å². The summed E-state index contributed by atoms with van der Waals surface area (Å²) in [6, 6.07) is 13.7. The average molecular weight is 532 g/mol. The van der Waals surface area contributed by atoms with E-state index in [0.717, 1.165) is 10.0 Å². The van der Waals surface area contributed by atoms with Crippen molar-refractivity contribution in [3.63, 3.8) is 0 Å². The number of likely N-dealkylation sites (N-methyl/N-ethyl adjacent to an activating group) is 1. The van der Waals surface area contributed by atoms with Crippen LogP contribution in [0.5, 0.6) is 0 Å². The summed E-state index contributed by atoms with van der Waals surface area (Å²) in [7, 11) is 1.66. The van der Waals surface area contributed by atoms with Crippen molar-refractivity contribution < 1.29 is 19.1 Å². The van der Waals surface area contributed by atoms with Gasteiger partial charge in [0.1, 0.15) is 11.5 Å². The van der Waals surface area contributed by atoms with Gasteiger partial charge in [-0.2, -0.15) is 0 Å². The predicted octanol–water partition coefficient (Wildman–Crippen LogP) is 6.60. The lowest BCUT2D eigenvalue weighted by molar-refractivity contribution is -0.121. The molecule has 2 aromatic carbocycles. The van der Waals surface area contributed by atoms with E-state index in [9.17, 15) is 14.7 Å². The Balaban J connectivity index is 1.61. The molecule has 1 aliphatic heterocycles. The number of benzene rings is 2. The van der Waals surface area contributed by atoms with Crippen LogP contribution in [0.1, 0.15) is 21.7 Å². The largest absolute Gasteiger partial charge is 0.478 e. The van der Waals surface area contributed by atoms with Crippen molar-refractivity contribution in [1.29, 1.82) is 0 Å². The lowest BCUT2D eigenvalue weighted by Gasteiger charge is -2.07. The number of halogens is 2. The Bertz CT molecular complexity index is 1320. The highest BCUT2D eigenvalue weighted by atomic mass is 79.9. The number of aromatic carboxylic acids is 1. The molecule has 1 fully saturated rings. The standard InChI is InChI=1S/C23H16BrClN2O4S/c1-12-3-4-13(22(29)30)9-16(12)19-8-6-15(31-19)11-20-21(28)27(2)23(32-20)26-14-5-7-17(24)18(25)10-14/h3-11H,1-2H3,(H,29,30)/b20-11-,26-23?. The van der Waals surface area contributed by atoms with Crippen LogP contribution in [0.2, 0.25) is 5.02 Å². The van der Waals surface area contributed by atoms with Crippen LogP contribution in [-0.4, -0.2) is 34.1 Å². The van der Waals surface area contributed by atoms with Crippen LogP contribution in [-0.2, 0) is 4.79 Å². The molecule has 4 rings (SSSR count). The minimum atomic E-state index is -1.00. The number of hydrogen-bond donors (Lipinski definition) is 1. The molecule has 0 saturated carbocycles. The predicted molar refractivity (Wildman–Crippen MR) is 130 cm³/mol. The van der Waals surface area contributed by atoms with Gasteiger partial charge in [0.2, 0.25) is 0 Å². The Morgan fingerprint density at radius 1 is 1.22 bits per heavy atom. The number of amides is 1. The molecule has 32 heavy (non-hydrogen) atoms. The van der Waals surface area contributed by atoms with Crippen molar-refractivity contribution in [2.24, 2.45) is 4.99 Å². The Hall–Kier alpha value is -2.81. The van der Waals surface area contributed by atoms with Gasteiger partial charge in [0, 0.05) is 23.2 Å². The van der Waals surface area contributed by atoms with Crippen LogP contribution in [0.4, 0.5) is 5.69 Å². The molecule has 0 aliphatic carbocycles. The minimum Gasteiger partial charge on any atom is -0.478 e. The summed E-state index contributed by atoms with van der Waals surface area (Å²) in [6.45, 7) is 1.88. The fourth-order valence-electron chi connectivity index (χ4n) is 3.04. The molecule has 3 aromatic rings. The normalized spacial score (nSPS) is 16.4. The molecule has 9 heteroatoms. The quantitative estimate of drug-likeness (QED) is 0.383. The molecular weight excluding hydrogens is 516 g/mol. The van der Waals surface area contributed by atoms with Crippen LogP contribution < -0.4 is 0 Å². The van der Waals surface area contributed by atoms with Gasteiger partial charge < -0.3 is 9.52 Å². The molecule has 2 heterocycles. The summed E-state index contributed by atoms with van der Waals surface area (Å²) < 4.78 is 6.67. The maximum atomic E-state index is 12.7. The summed E-state index contributed by atoms with van der Waals surface area (Å²) in [5.74, 6) is -0.189. The summed E-state index contributed by atoms with van der Waals surface area (Å²) in [4.78, 5) is 30.4.